The van der Waals surface area contributed by atoms with E-state index in [9.17, 15) is 4.79 Å². The second-order valence-corrected chi connectivity index (χ2v) is 8.39. The third-order valence-electron chi connectivity index (χ3n) is 5.53. The highest BCUT2D eigenvalue weighted by molar-refractivity contribution is 5.77. The van der Waals surface area contributed by atoms with E-state index in [1.807, 2.05) is 0 Å². The van der Waals surface area contributed by atoms with E-state index in [0.717, 1.165) is 13.0 Å². The Bertz CT molecular complexity index is 401. The molecule has 1 fully saturated rings. The van der Waals surface area contributed by atoms with Crippen LogP contribution in [0.4, 0.5) is 0 Å². The summed E-state index contributed by atoms with van der Waals surface area (Å²) in [5, 5.41) is 0. The molecule has 172 valence electrons. The van der Waals surface area contributed by atoms with Gasteiger partial charge in [0.25, 0.3) is 5.79 Å². The molecule has 0 aliphatic carbocycles. The number of carbonyl (C=O) groups is 1. The highest BCUT2D eigenvalue weighted by Crippen LogP contribution is 2.25. The summed E-state index contributed by atoms with van der Waals surface area (Å²) >= 11 is 0. The Morgan fingerprint density at radius 3 is 1.90 bits per heavy atom. The molecule has 2 unspecified atom stereocenters. The number of ether oxygens (including phenoxy) is 4. The minimum absolute atomic E-state index is 0.198. The zero-order valence-corrected chi connectivity index (χ0v) is 19.3. The van der Waals surface area contributed by atoms with Gasteiger partial charge in [-0.2, -0.15) is 0 Å². The average molecular weight is 415 g/mol. The highest BCUT2D eigenvalue weighted by Gasteiger charge is 2.45. The number of rotatable bonds is 19. The summed E-state index contributed by atoms with van der Waals surface area (Å²) in [4.78, 5) is 11.8. The van der Waals surface area contributed by atoms with Gasteiger partial charge in [-0.05, 0) is 13.3 Å². The lowest BCUT2D eigenvalue weighted by Gasteiger charge is -2.20. The average Bonchev–Trinajstić information content (AvgIpc) is 3.10. The Hall–Kier alpha value is -0.650. The summed E-state index contributed by atoms with van der Waals surface area (Å²) < 4.78 is 21.8. The first-order valence-electron chi connectivity index (χ1n) is 12.2. The number of carbonyl (C=O) groups excluding carboxylic acids is 1. The van der Waals surface area contributed by atoms with Crippen molar-refractivity contribution in [3.05, 3.63) is 0 Å². The first-order chi connectivity index (χ1) is 14.1. The molecule has 0 radical (unpaired) electrons. The maximum absolute atomic E-state index is 11.8. The maximum atomic E-state index is 11.8. The summed E-state index contributed by atoms with van der Waals surface area (Å²) in [7, 11) is 0. The van der Waals surface area contributed by atoms with Crippen LogP contribution in [-0.2, 0) is 23.7 Å². The second kappa shape index (κ2) is 17.1. The predicted molar refractivity (Wildman–Crippen MR) is 117 cm³/mol. The molecule has 0 N–H and O–H groups in total. The number of hydrogen-bond donors (Lipinski definition) is 0. The third kappa shape index (κ3) is 12.6. The van der Waals surface area contributed by atoms with Gasteiger partial charge in [0, 0.05) is 13.5 Å². The third-order valence-corrected chi connectivity index (χ3v) is 5.53. The number of esters is 1. The van der Waals surface area contributed by atoms with E-state index in [0.29, 0.717) is 19.8 Å². The quantitative estimate of drug-likeness (QED) is 0.187. The Morgan fingerprint density at radius 2 is 1.38 bits per heavy atom. The molecule has 1 rings (SSSR count). The molecule has 1 aliphatic rings. The van der Waals surface area contributed by atoms with Crippen LogP contribution in [0.3, 0.4) is 0 Å². The largest absolute Gasteiger partial charge is 0.462 e. The van der Waals surface area contributed by atoms with Gasteiger partial charge in [-0.25, -0.2) is 4.79 Å². The van der Waals surface area contributed by atoms with E-state index in [2.05, 4.69) is 6.92 Å². The van der Waals surface area contributed by atoms with Crippen molar-refractivity contribution in [2.24, 2.45) is 0 Å². The van der Waals surface area contributed by atoms with Gasteiger partial charge in [0.15, 0.2) is 0 Å². The van der Waals surface area contributed by atoms with E-state index in [-0.39, 0.29) is 6.10 Å². The van der Waals surface area contributed by atoms with Crippen molar-refractivity contribution in [1.29, 1.82) is 0 Å². The van der Waals surface area contributed by atoms with Crippen LogP contribution >= 0.6 is 0 Å². The van der Waals surface area contributed by atoms with Crippen LogP contribution in [0, 0.1) is 0 Å². The molecule has 29 heavy (non-hydrogen) atoms. The zero-order chi connectivity index (χ0) is 21.2. The molecule has 5 nitrogen and oxygen atoms in total. The van der Waals surface area contributed by atoms with E-state index >= 15 is 0 Å². The fourth-order valence-electron chi connectivity index (χ4n) is 3.70. The van der Waals surface area contributed by atoms with Crippen LogP contribution in [0.5, 0.6) is 0 Å². The minimum atomic E-state index is -1.28. The van der Waals surface area contributed by atoms with Crippen molar-refractivity contribution in [3.63, 3.8) is 0 Å². The topological polar surface area (TPSA) is 54.0 Å². The molecular weight excluding hydrogens is 368 g/mol. The van der Waals surface area contributed by atoms with Gasteiger partial charge in [0.05, 0.1) is 19.8 Å². The molecular formula is C24H46O5. The maximum Gasteiger partial charge on any atom is 0.366 e. The smallest absolute Gasteiger partial charge is 0.366 e. The predicted octanol–water partition coefficient (Wildman–Crippen LogP) is 6.18. The van der Waals surface area contributed by atoms with Crippen molar-refractivity contribution in [2.75, 3.05) is 26.4 Å². The van der Waals surface area contributed by atoms with Crippen LogP contribution in [0.25, 0.3) is 0 Å². The van der Waals surface area contributed by atoms with Gasteiger partial charge in [-0.15, -0.1) is 0 Å². The van der Waals surface area contributed by atoms with Gasteiger partial charge >= 0.3 is 5.97 Å². The summed E-state index contributed by atoms with van der Waals surface area (Å²) in [5.41, 5.74) is 0. The first kappa shape index (κ1) is 26.4. The molecule has 5 heteroatoms. The number of unbranched alkanes of at least 4 members (excludes halogenated alkanes) is 13. The van der Waals surface area contributed by atoms with Gasteiger partial charge in [-0.3, -0.25) is 0 Å². The van der Waals surface area contributed by atoms with Crippen LogP contribution in [-0.4, -0.2) is 44.3 Å². The van der Waals surface area contributed by atoms with Gasteiger partial charge in [0.2, 0.25) is 0 Å². The van der Waals surface area contributed by atoms with Crippen molar-refractivity contribution in [2.45, 2.75) is 123 Å². The Labute approximate surface area is 179 Å². The summed E-state index contributed by atoms with van der Waals surface area (Å²) in [6.45, 7) is 7.56. The van der Waals surface area contributed by atoms with Crippen molar-refractivity contribution in [1.82, 2.24) is 0 Å². The summed E-state index contributed by atoms with van der Waals surface area (Å²) in [6.07, 6.45) is 18.8. The summed E-state index contributed by atoms with van der Waals surface area (Å²) in [6, 6.07) is 0. The van der Waals surface area contributed by atoms with Crippen LogP contribution in [0.1, 0.15) is 111 Å². The lowest BCUT2D eigenvalue weighted by molar-refractivity contribution is -0.206. The summed E-state index contributed by atoms with van der Waals surface area (Å²) in [5.74, 6) is -1.74. The zero-order valence-electron chi connectivity index (χ0n) is 19.3. The van der Waals surface area contributed by atoms with Crippen LogP contribution in [0.2, 0.25) is 0 Å². The molecule has 0 spiro atoms. The molecule has 0 aromatic heterocycles. The Morgan fingerprint density at radius 1 is 0.862 bits per heavy atom. The molecule has 1 saturated heterocycles. The van der Waals surface area contributed by atoms with Gasteiger partial charge in [0.1, 0.15) is 6.10 Å². The molecule has 1 heterocycles. The van der Waals surface area contributed by atoms with E-state index < -0.39 is 11.8 Å². The standard InChI is InChI=1S/C24H46O5/c1-4-6-7-8-9-10-11-12-13-14-15-16-17-18-19-26-20-22-21-28-24(3,29-22)23(25)27-5-2/h22H,4-21H2,1-3H3. The lowest BCUT2D eigenvalue weighted by Crippen LogP contribution is -2.39. The van der Waals surface area contributed by atoms with Crippen LogP contribution < -0.4 is 0 Å². The molecule has 2 atom stereocenters. The molecule has 0 amide bonds. The monoisotopic (exact) mass is 414 g/mol. The van der Waals surface area contributed by atoms with E-state index in [4.69, 9.17) is 18.9 Å². The minimum Gasteiger partial charge on any atom is -0.462 e. The van der Waals surface area contributed by atoms with Gasteiger partial charge in [-0.1, -0.05) is 90.4 Å². The molecule has 0 aromatic rings. The lowest BCUT2D eigenvalue weighted by atomic mass is 10.0. The van der Waals surface area contributed by atoms with Crippen LogP contribution in [0.15, 0.2) is 0 Å². The SMILES string of the molecule is CCCCCCCCCCCCCCCCOCC1COC(C)(C(=O)OCC)O1. The van der Waals surface area contributed by atoms with E-state index in [1.165, 1.54) is 83.5 Å². The first-order valence-corrected chi connectivity index (χ1v) is 12.2. The van der Waals surface area contributed by atoms with Crippen molar-refractivity contribution in [3.8, 4) is 0 Å². The van der Waals surface area contributed by atoms with E-state index in [1.54, 1.807) is 13.8 Å². The normalized spacial score (nSPS) is 21.6. The van der Waals surface area contributed by atoms with Crippen molar-refractivity contribution >= 4 is 5.97 Å². The second-order valence-electron chi connectivity index (χ2n) is 8.39. The fraction of sp³-hybridized carbons (Fsp3) is 0.958. The molecule has 0 bridgehead atoms. The molecule has 0 aromatic carbocycles. The van der Waals surface area contributed by atoms with Crippen molar-refractivity contribution < 1.29 is 23.7 Å². The molecule has 0 saturated carbocycles. The highest BCUT2D eigenvalue weighted by atomic mass is 16.8. The fourth-order valence-corrected chi connectivity index (χ4v) is 3.70. The Balaban J connectivity index is 1.82. The molecule has 1 aliphatic heterocycles. The Kier molecular flexibility index (Phi) is 15.5. The van der Waals surface area contributed by atoms with Gasteiger partial charge < -0.3 is 18.9 Å². The number of hydrogen-bond acceptors (Lipinski definition) is 5.